The summed E-state index contributed by atoms with van der Waals surface area (Å²) in [7, 11) is -0.379. The lowest BCUT2D eigenvalue weighted by Gasteiger charge is -2.21. The molecule has 1 aliphatic rings. The third-order valence-corrected chi connectivity index (χ3v) is 4.54. The van der Waals surface area contributed by atoms with Gasteiger partial charge in [-0.3, -0.25) is 5.32 Å². The Labute approximate surface area is 117 Å². The van der Waals surface area contributed by atoms with Crippen LogP contribution in [0.5, 0.6) is 0 Å². The normalized spacial score (nSPS) is 16.5. The SMILES string of the molecule is Cc1cc2nc3n(c2cc1C)S(=O)(=O)N=C(N(C)C)N3. The highest BCUT2D eigenvalue weighted by molar-refractivity contribution is 7.89. The minimum absolute atomic E-state index is 0.251. The molecule has 0 saturated heterocycles. The molecule has 7 nitrogen and oxygen atoms in total. The minimum Gasteiger partial charge on any atom is -0.348 e. The highest BCUT2D eigenvalue weighted by Crippen LogP contribution is 2.27. The van der Waals surface area contributed by atoms with E-state index in [2.05, 4.69) is 14.7 Å². The van der Waals surface area contributed by atoms with Gasteiger partial charge in [0.2, 0.25) is 11.9 Å². The fourth-order valence-electron chi connectivity index (χ4n) is 2.09. The number of hydrogen-bond acceptors (Lipinski definition) is 5. The van der Waals surface area contributed by atoms with Crippen LogP contribution in [0.2, 0.25) is 0 Å². The lowest BCUT2D eigenvalue weighted by molar-refractivity contribution is 0.581. The quantitative estimate of drug-likeness (QED) is 0.786. The van der Waals surface area contributed by atoms with Crippen LogP contribution in [0.1, 0.15) is 11.1 Å². The average Bonchev–Trinajstić information content (AvgIpc) is 2.67. The molecule has 2 aromatic rings. The molecule has 1 aliphatic heterocycles. The number of guanidine groups is 1. The lowest BCUT2D eigenvalue weighted by atomic mass is 10.1. The molecule has 1 aromatic carbocycles. The second-order valence-corrected chi connectivity index (χ2v) is 6.48. The summed E-state index contributed by atoms with van der Waals surface area (Å²) in [5.74, 6) is 0.518. The van der Waals surface area contributed by atoms with E-state index in [0.29, 0.717) is 11.0 Å². The predicted molar refractivity (Wildman–Crippen MR) is 78.3 cm³/mol. The number of benzene rings is 1. The van der Waals surface area contributed by atoms with E-state index in [-0.39, 0.29) is 11.9 Å². The second-order valence-electron chi connectivity index (χ2n) is 5.04. The summed E-state index contributed by atoms with van der Waals surface area (Å²) in [5.41, 5.74) is 3.25. The molecule has 0 radical (unpaired) electrons. The Morgan fingerprint density at radius 1 is 1.20 bits per heavy atom. The summed E-state index contributed by atoms with van der Waals surface area (Å²) in [6, 6.07) is 3.69. The van der Waals surface area contributed by atoms with Crippen molar-refractivity contribution < 1.29 is 8.42 Å². The smallest absolute Gasteiger partial charge is 0.348 e. The molecule has 106 valence electrons. The molecule has 20 heavy (non-hydrogen) atoms. The highest BCUT2D eigenvalue weighted by atomic mass is 32.2. The van der Waals surface area contributed by atoms with E-state index < -0.39 is 10.2 Å². The summed E-state index contributed by atoms with van der Waals surface area (Å²) in [6.45, 7) is 3.91. The number of rotatable bonds is 0. The van der Waals surface area contributed by atoms with Gasteiger partial charge in [-0.05, 0) is 37.1 Å². The van der Waals surface area contributed by atoms with E-state index in [9.17, 15) is 8.42 Å². The maximum Gasteiger partial charge on any atom is 0.354 e. The molecule has 0 atom stereocenters. The van der Waals surface area contributed by atoms with Crippen molar-refractivity contribution >= 4 is 33.2 Å². The van der Waals surface area contributed by atoms with Gasteiger partial charge in [0.15, 0.2) is 0 Å². The molecule has 3 rings (SSSR count). The topological polar surface area (TPSA) is 79.6 Å². The Balaban J connectivity index is 2.33. The van der Waals surface area contributed by atoms with Crippen molar-refractivity contribution in [2.75, 3.05) is 19.4 Å². The number of nitrogens with one attached hydrogen (secondary N) is 1. The Bertz CT molecular complexity index is 848. The molecular formula is C12H15N5O2S. The molecule has 8 heteroatoms. The molecule has 0 bridgehead atoms. The third-order valence-electron chi connectivity index (χ3n) is 3.31. The van der Waals surface area contributed by atoms with Crippen molar-refractivity contribution in [3.8, 4) is 0 Å². The Kier molecular flexibility index (Phi) is 2.55. The maximum absolute atomic E-state index is 12.3. The Morgan fingerprint density at radius 2 is 1.85 bits per heavy atom. The number of imidazole rings is 1. The van der Waals surface area contributed by atoms with E-state index in [1.807, 2.05) is 26.0 Å². The van der Waals surface area contributed by atoms with Crippen molar-refractivity contribution in [1.82, 2.24) is 13.9 Å². The first-order valence-electron chi connectivity index (χ1n) is 6.09. The average molecular weight is 293 g/mol. The van der Waals surface area contributed by atoms with Crippen molar-refractivity contribution in [1.29, 1.82) is 0 Å². The monoisotopic (exact) mass is 293 g/mol. The molecule has 0 amide bonds. The zero-order valence-electron chi connectivity index (χ0n) is 11.7. The third kappa shape index (κ3) is 1.75. The molecule has 1 aromatic heterocycles. The predicted octanol–water partition coefficient (Wildman–Crippen LogP) is 1.09. The minimum atomic E-state index is -3.81. The van der Waals surface area contributed by atoms with E-state index in [1.54, 1.807) is 19.0 Å². The first-order chi connectivity index (χ1) is 9.29. The van der Waals surface area contributed by atoms with Crippen LogP contribution in [-0.4, -0.2) is 42.3 Å². The Hall–Kier alpha value is -2.09. The van der Waals surface area contributed by atoms with Gasteiger partial charge in [-0.2, -0.15) is 12.4 Å². The zero-order valence-corrected chi connectivity index (χ0v) is 12.5. The fourth-order valence-corrected chi connectivity index (χ4v) is 3.30. The van der Waals surface area contributed by atoms with Gasteiger partial charge in [0.1, 0.15) is 0 Å². The lowest BCUT2D eigenvalue weighted by Crippen LogP contribution is -2.36. The molecule has 1 N–H and O–H groups in total. The summed E-state index contributed by atoms with van der Waals surface area (Å²) in [5, 5.41) is 2.93. The van der Waals surface area contributed by atoms with Crippen LogP contribution in [0.15, 0.2) is 16.5 Å². The molecule has 0 spiro atoms. The fraction of sp³-hybridized carbons (Fsp3) is 0.333. The number of nitrogens with zero attached hydrogens (tertiary/aromatic N) is 4. The first kappa shape index (κ1) is 12.9. The standard InChI is InChI=1S/C12H15N5O2S/c1-7-5-9-10(6-8(7)2)17-11(13-9)14-12(16(3)4)15-20(17,18)19/h5-6H,1-4H3,(H,13,14,15). The maximum atomic E-state index is 12.3. The van der Waals surface area contributed by atoms with Gasteiger partial charge in [0.25, 0.3) is 0 Å². The van der Waals surface area contributed by atoms with Gasteiger partial charge in [-0.15, -0.1) is 4.40 Å². The van der Waals surface area contributed by atoms with Crippen LogP contribution in [0.3, 0.4) is 0 Å². The zero-order chi connectivity index (χ0) is 14.7. The van der Waals surface area contributed by atoms with E-state index in [0.717, 1.165) is 15.1 Å². The highest BCUT2D eigenvalue weighted by Gasteiger charge is 2.28. The van der Waals surface area contributed by atoms with Gasteiger partial charge in [0.05, 0.1) is 11.0 Å². The molecule has 2 heterocycles. The van der Waals surface area contributed by atoms with Gasteiger partial charge in [0, 0.05) is 14.1 Å². The first-order valence-corrected chi connectivity index (χ1v) is 7.49. The van der Waals surface area contributed by atoms with Crippen molar-refractivity contribution in [3.05, 3.63) is 23.3 Å². The number of aromatic nitrogens is 2. The van der Waals surface area contributed by atoms with Crippen LogP contribution in [0, 0.1) is 13.8 Å². The number of hydrogen-bond donors (Lipinski definition) is 1. The van der Waals surface area contributed by atoms with Crippen molar-refractivity contribution in [2.45, 2.75) is 13.8 Å². The van der Waals surface area contributed by atoms with E-state index in [4.69, 9.17) is 0 Å². The Morgan fingerprint density at radius 3 is 2.50 bits per heavy atom. The van der Waals surface area contributed by atoms with Crippen molar-refractivity contribution in [2.24, 2.45) is 4.40 Å². The van der Waals surface area contributed by atoms with Gasteiger partial charge >= 0.3 is 10.2 Å². The van der Waals surface area contributed by atoms with Crippen LogP contribution in [0.25, 0.3) is 11.0 Å². The summed E-state index contributed by atoms with van der Waals surface area (Å²) in [4.78, 5) is 5.94. The van der Waals surface area contributed by atoms with Crippen LogP contribution < -0.4 is 5.32 Å². The number of fused-ring (bicyclic) bond motifs is 3. The largest absolute Gasteiger partial charge is 0.354 e. The molecule has 0 fully saturated rings. The number of aryl methyl sites for hydroxylation is 2. The van der Waals surface area contributed by atoms with E-state index >= 15 is 0 Å². The summed E-state index contributed by atoms with van der Waals surface area (Å²) < 4.78 is 29.6. The van der Waals surface area contributed by atoms with E-state index in [1.165, 1.54) is 0 Å². The van der Waals surface area contributed by atoms with Gasteiger partial charge in [-0.1, -0.05) is 0 Å². The van der Waals surface area contributed by atoms with Crippen LogP contribution in [-0.2, 0) is 10.2 Å². The summed E-state index contributed by atoms with van der Waals surface area (Å²) in [6.07, 6.45) is 0. The van der Waals surface area contributed by atoms with Gasteiger partial charge < -0.3 is 4.90 Å². The molecule has 0 unspecified atom stereocenters. The van der Waals surface area contributed by atoms with Crippen LogP contribution in [0.4, 0.5) is 5.95 Å². The summed E-state index contributed by atoms with van der Waals surface area (Å²) >= 11 is 0. The molecule has 0 saturated carbocycles. The van der Waals surface area contributed by atoms with Crippen molar-refractivity contribution in [3.63, 3.8) is 0 Å². The van der Waals surface area contributed by atoms with Gasteiger partial charge in [-0.25, -0.2) is 4.98 Å². The molecular weight excluding hydrogens is 278 g/mol. The van der Waals surface area contributed by atoms with Crippen LogP contribution >= 0.6 is 0 Å². The second kappa shape index (κ2) is 3.95. The number of anilines is 1. The molecule has 0 aliphatic carbocycles.